The minimum absolute atomic E-state index is 0.307. The molecule has 0 aromatic heterocycles. The molecular weight excluding hydrogens is 273 g/mol. The Morgan fingerprint density at radius 3 is 2.30 bits per heavy atom. The quantitative estimate of drug-likeness (QED) is 0.506. The fourth-order valence-electron chi connectivity index (χ4n) is 1.36. The van der Waals surface area contributed by atoms with Crippen molar-refractivity contribution in [1.29, 1.82) is 0 Å². The molecule has 7 heteroatoms. The number of halogens is 3. The molecule has 0 fully saturated rings. The monoisotopic (exact) mass is 286 g/mol. The third-order valence-electron chi connectivity index (χ3n) is 2.39. The van der Waals surface area contributed by atoms with Crippen LogP contribution in [0.2, 0.25) is 0 Å². The van der Waals surface area contributed by atoms with Crippen LogP contribution in [0.15, 0.2) is 39.9 Å². The van der Waals surface area contributed by atoms with Gasteiger partial charge in [-0.15, -0.1) is 10.2 Å². The third kappa shape index (κ3) is 3.91. The van der Waals surface area contributed by atoms with Crippen molar-refractivity contribution in [3.05, 3.63) is 41.0 Å². The lowest BCUT2D eigenvalue weighted by Crippen LogP contribution is -2.06. The van der Waals surface area contributed by atoms with Gasteiger partial charge in [0.1, 0.15) is 11.4 Å². The van der Waals surface area contributed by atoms with Crippen molar-refractivity contribution in [1.82, 2.24) is 0 Å². The van der Waals surface area contributed by atoms with E-state index in [4.69, 9.17) is 0 Å². The smallest absolute Gasteiger partial charge is 0.270 e. The van der Waals surface area contributed by atoms with Crippen molar-refractivity contribution in [3.63, 3.8) is 0 Å². The number of hydrogen-bond acceptors (Lipinski definition) is 4. The van der Waals surface area contributed by atoms with Crippen LogP contribution in [0.25, 0.3) is 0 Å². The van der Waals surface area contributed by atoms with Crippen LogP contribution in [-0.2, 0) is 10.7 Å². The fourth-order valence-corrected chi connectivity index (χ4v) is 1.36. The van der Waals surface area contributed by atoms with Gasteiger partial charge in [-0.25, -0.2) is 13.2 Å². The summed E-state index contributed by atoms with van der Waals surface area (Å²) in [7, 11) is 0. The summed E-state index contributed by atoms with van der Waals surface area (Å²) in [5.74, 6) is -5.07. The van der Waals surface area contributed by atoms with E-state index in [2.05, 4.69) is 10.2 Å². The first-order valence-electron chi connectivity index (χ1n) is 5.63. The highest BCUT2D eigenvalue weighted by Crippen LogP contribution is 2.30. The lowest BCUT2D eigenvalue weighted by Gasteiger charge is -2.10. The second kappa shape index (κ2) is 5.85. The van der Waals surface area contributed by atoms with Gasteiger partial charge in [-0.2, -0.15) is 0 Å². The normalized spacial score (nSPS) is 13.5. The Morgan fingerprint density at radius 1 is 1.30 bits per heavy atom. The molecule has 1 aromatic carbocycles. The minimum atomic E-state index is -3.16. The van der Waals surface area contributed by atoms with Gasteiger partial charge < -0.3 is 5.11 Å². The van der Waals surface area contributed by atoms with Crippen LogP contribution in [0.3, 0.4) is 0 Å². The van der Waals surface area contributed by atoms with Gasteiger partial charge >= 0.3 is 0 Å². The van der Waals surface area contributed by atoms with Gasteiger partial charge in [-0.1, -0.05) is 6.07 Å². The second-order valence-electron chi connectivity index (χ2n) is 4.24. The molecule has 0 radical (unpaired) electrons. The van der Waals surface area contributed by atoms with Gasteiger partial charge in [0.15, 0.2) is 17.3 Å². The average molecular weight is 286 g/mol. The van der Waals surface area contributed by atoms with Crippen molar-refractivity contribution in [2.24, 2.45) is 10.2 Å². The summed E-state index contributed by atoms with van der Waals surface area (Å²) >= 11 is 0. The first-order valence-corrected chi connectivity index (χ1v) is 5.63. The zero-order chi connectivity index (χ0) is 15.5. The molecule has 1 N–H and O–H groups in total. The number of carbonyl (C=O) groups is 1. The van der Waals surface area contributed by atoms with E-state index >= 15 is 0 Å². The molecule has 108 valence electrons. The van der Waals surface area contributed by atoms with E-state index in [0.29, 0.717) is 13.0 Å². The summed E-state index contributed by atoms with van der Waals surface area (Å²) in [5, 5.41) is 16.1. The highest BCUT2D eigenvalue weighted by molar-refractivity contribution is 5.93. The number of carbonyl (C=O) groups excluding carboxylic acids is 1. The Kier molecular flexibility index (Phi) is 4.65. The van der Waals surface area contributed by atoms with Gasteiger partial charge in [0.25, 0.3) is 5.92 Å². The van der Waals surface area contributed by atoms with Gasteiger partial charge in [0.2, 0.25) is 0 Å². The van der Waals surface area contributed by atoms with Crippen LogP contribution in [0.1, 0.15) is 26.3 Å². The van der Waals surface area contributed by atoms with Gasteiger partial charge in [0, 0.05) is 19.4 Å². The number of benzene rings is 1. The van der Waals surface area contributed by atoms with Crippen LogP contribution in [0, 0.1) is 5.82 Å². The Balaban J connectivity index is 3.12. The van der Waals surface area contributed by atoms with E-state index in [1.807, 2.05) is 0 Å². The van der Waals surface area contributed by atoms with Crippen LogP contribution >= 0.6 is 0 Å². The van der Waals surface area contributed by atoms with Crippen molar-refractivity contribution < 1.29 is 23.1 Å². The van der Waals surface area contributed by atoms with Crippen LogP contribution in [0.5, 0.6) is 0 Å². The zero-order valence-corrected chi connectivity index (χ0v) is 11.1. The predicted molar refractivity (Wildman–Crippen MR) is 66.5 cm³/mol. The summed E-state index contributed by atoms with van der Waals surface area (Å²) in [4.78, 5) is 11.1. The molecule has 1 rings (SSSR count). The number of nitrogens with zero attached hydrogens (tertiary/aromatic N) is 2. The molecule has 1 aromatic rings. The number of Topliss-reactive ketones (excluding diaryl/α,β-unsaturated/α-hetero) is 1. The number of ketones is 1. The highest BCUT2D eigenvalue weighted by atomic mass is 19.3. The van der Waals surface area contributed by atoms with E-state index in [9.17, 15) is 23.1 Å². The predicted octanol–water partition coefficient (Wildman–Crippen LogP) is 4.40. The van der Waals surface area contributed by atoms with Gasteiger partial charge in [-0.05, 0) is 19.1 Å². The van der Waals surface area contributed by atoms with Crippen LogP contribution < -0.4 is 0 Å². The maximum absolute atomic E-state index is 13.6. The number of aliphatic hydroxyl groups excluding tert-OH is 1. The number of rotatable bonds is 4. The Morgan fingerprint density at radius 2 is 1.90 bits per heavy atom. The van der Waals surface area contributed by atoms with E-state index in [1.165, 1.54) is 6.92 Å². The fraction of sp³-hybridized carbons (Fsp3) is 0.308. The average Bonchev–Trinajstić information content (AvgIpc) is 2.28. The molecular formula is C13H13F3N2O2. The van der Waals surface area contributed by atoms with Crippen molar-refractivity contribution in [2.45, 2.75) is 26.7 Å². The molecule has 0 unspecified atom stereocenters. The summed E-state index contributed by atoms with van der Waals surface area (Å²) in [5.41, 5.74) is -1.12. The largest absolute Gasteiger partial charge is 0.510 e. The molecule has 0 heterocycles. The van der Waals surface area contributed by atoms with Crippen molar-refractivity contribution in [2.75, 3.05) is 0 Å². The number of alkyl halides is 2. The summed E-state index contributed by atoms with van der Waals surface area (Å²) in [6, 6.07) is 2.69. The molecule has 0 saturated carbocycles. The lowest BCUT2D eigenvalue weighted by atomic mass is 10.1. The number of azo groups is 1. The summed E-state index contributed by atoms with van der Waals surface area (Å²) in [6.07, 6.45) is 0. The highest BCUT2D eigenvalue weighted by Gasteiger charge is 2.25. The Hall–Kier alpha value is -2.18. The maximum Gasteiger partial charge on any atom is 0.270 e. The molecule has 20 heavy (non-hydrogen) atoms. The Labute approximate surface area is 113 Å². The standard InChI is InChI=1S/C13H13F3N2O2/c1-7(19)12(8(2)20)18-17-11-5-4-9(6-10(11)14)13(3,15)16/h4-6,19H,1-3H3. The van der Waals surface area contributed by atoms with E-state index in [0.717, 1.165) is 19.1 Å². The molecule has 0 aliphatic carbocycles. The summed E-state index contributed by atoms with van der Waals surface area (Å²) in [6.45, 7) is 3.03. The second-order valence-corrected chi connectivity index (χ2v) is 4.24. The molecule has 0 atom stereocenters. The molecule has 0 bridgehead atoms. The molecule has 4 nitrogen and oxygen atoms in total. The molecule has 0 saturated heterocycles. The first-order chi connectivity index (χ1) is 9.12. The molecule has 0 spiro atoms. The van der Waals surface area contributed by atoms with E-state index in [1.54, 1.807) is 0 Å². The number of aliphatic hydroxyl groups is 1. The number of allylic oxidation sites excluding steroid dienone is 2. The van der Waals surface area contributed by atoms with Gasteiger partial charge in [0.05, 0.1) is 0 Å². The van der Waals surface area contributed by atoms with Crippen molar-refractivity contribution >= 4 is 11.5 Å². The minimum Gasteiger partial charge on any atom is -0.510 e. The van der Waals surface area contributed by atoms with E-state index in [-0.39, 0.29) is 17.1 Å². The zero-order valence-electron chi connectivity index (χ0n) is 11.1. The number of hydrogen-bond donors (Lipinski definition) is 1. The van der Waals surface area contributed by atoms with Crippen LogP contribution in [-0.4, -0.2) is 10.9 Å². The topological polar surface area (TPSA) is 62.0 Å². The Bertz CT molecular complexity index is 586. The molecule has 0 aliphatic heterocycles. The first kappa shape index (κ1) is 15.9. The molecule has 0 aliphatic rings. The van der Waals surface area contributed by atoms with Crippen LogP contribution in [0.4, 0.5) is 18.9 Å². The van der Waals surface area contributed by atoms with Crippen molar-refractivity contribution in [3.8, 4) is 0 Å². The summed E-state index contributed by atoms with van der Waals surface area (Å²) < 4.78 is 39.6. The maximum atomic E-state index is 13.6. The lowest BCUT2D eigenvalue weighted by molar-refractivity contribution is -0.113. The van der Waals surface area contributed by atoms with E-state index < -0.39 is 23.1 Å². The molecule has 0 amide bonds. The van der Waals surface area contributed by atoms with Gasteiger partial charge in [-0.3, -0.25) is 4.79 Å². The SMILES string of the molecule is CC(=O)C(N=Nc1ccc(C(C)(F)F)cc1F)=C(C)O. The third-order valence-corrected chi connectivity index (χ3v) is 2.39.